The average molecular weight is 508 g/mol. The first-order chi connectivity index (χ1) is 17.4. The second-order valence-electron chi connectivity index (χ2n) is 10.4. The number of aliphatic hydroxyl groups excluding tert-OH is 1. The van der Waals surface area contributed by atoms with Crippen molar-refractivity contribution in [1.29, 1.82) is 5.26 Å². The number of nitriles is 1. The lowest BCUT2D eigenvalue weighted by Gasteiger charge is -2.35. The highest BCUT2D eigenvalue weighted by Crippen LogP contribution is 2.54. The van der Waals surface area contributed by atoms with Gasteiger partial charge in [0.25, 0.3) is 5.56 Å². The Labute approximate surface area is 209 Å². The molecule has 0 bridgehead atoms. The molecule has 10 heteroatoms. The molecule has 1 aliphatic heterocycles. The monoisotopic (exact) mass is 507 g/mol. The Morgan fingerprint density at radius 2 is 1.92 bits per heavy atom. The highest BCUT2D eigenvalue weighted by Gasteiger charge is 2.57. The van der Waals surface area contributed by atoms with E-state index in [1.807, 2.05) is 0 Å². The lowest BCUT2D eigenvalue weighted by atomic mass is 9.82. The summed E-state index contributed by atoms with van der Waals surface area (Å²) in [6.45, 7) is 0. The number of nitrogens with one attached hydrogen (secondary N) is 2. The van der Waals surface area contributed by atoms with Gasteiger partial charge in [-0.25, -0.2) is 8.42 Å². The maximum absolute atomic E-state index is 13.4. The number of fused-ring (bicyclic) bond motifs is 2. The number of hydrogen-bond donors (Lipinski definition) is 3. The van der Waals surface area contributed by atoms with Gasteiger partial charge in [0.15, 0.2) is 15.7 Å². The third-order valence-corrected chi connectivity index (χ3v) is 11.1. The smallest absolute Gasteiger partial charge is 0.261 e. The zero-order valence-corrected chi connectivity index (χ0v) is 20.7. The van der Waals surface area contributed by atoms with Crippen molar-refractivity contribution in [2.75, 3.05) is 5.32 Å². The normalized spacial score (nSPS) is 26.5. The van der Waals surface area contributed by atoms with Gasteiger partial charge < -0.3 is 15.4 Å². The van der Waals surface area contributed by atoms with Crippen molar-refractivity contribution >= 4 is 32.2 Å². The van der Waals surface area contributed by atoms with Crippen LogP contribution in [0.1, 0.15) is 75.5 Å². The molecule has 3 heterocycles. The van der Waals surface area contributed by atoms with Gasteiger partial charge in [0.05, 0.1) is 28.4 Å². The van der Waals surface area contributed by atoms with E-state index >= 15 is 0 Å². The molecule has 188 valence electrons. The molecule has 2 aliphatic carbocycles. The van der Waals surface area contributed by atoms with Crippen molar-refractivity contribution < 1.29 is 13.5 Å². The fraction of sp³-hybridized carbons (Fsp3) is 0.500. The number of anilines is 2. The molecule has 1 spiro atoms. The number of sulfone groups is 1. The van der Waals surface area contributed by atoms with Crippen LogP contribution in [0.25, 0.3) is 10.9 Å². The average Bonchev–Trinajstić information content (AvgIpc) is 3.33. The number of hydrogen-bond acceptors (Lipinski definition) is 7. The zero-order chi connectivity index (χ0) is 25.1. The van der Waals surface area contributed by atoms with Gasteiger partial charge >= 0.3 is 0 Å². The summed E-state index contributed by atoms with van der Waals surface area (Å²) in [5.41, 5.74) is 1.30. The minimum atomic E-state index is -3.65. The summed E-state index contributed by atoms with van der Waals surface area (Å²) in [5.74, 6) is 0.165. The Balaban J connectivity index is 1.41. The van der Waals surface area contributed by atoms with Crippen LogP contribution in [0.4, 0.5) is 11.5 Å². The number of pyridine rings is 1. The summed E-state index contributed by atoms with van der Waals surface area (Å²) >= 11 is 0. The number of aromatic amines is 1. The van der Waals surface area contributed by atoms with E-state index in [1.54, 1.807) is 35.1 Å². The molecule has 1 aromatic carbocycles. The van der Waals surface area contributed by atoms with E-state index in [9.17, 15) is 23.6 Å². The van der Waals surface area contributed by atoms with Crippen LogP contribution >= 0.6 is 0 Å². The van der Waals surface area contributed by atoms with Gasteiger partial charge in [-0.3, -0.25) is 9.48 Å². The Morgan fingerprint density at radius 1 is 1.14 bits per heavy atom. The Morgan fingerprint density at radius 3 is 2.69 bits per heavy atom. The minimum Gasteiger partial charge on any atom is -0.387 e. The number of aliphatic hydroxyl groups is 1. The van der Waals surface area contributed by atoms with Crippen LogP contribution in [0, 0.1) is 17.2 Å². The van der Waals surface area contributed by atoms with Crippen molar-refractivity contribution in [2.24, 2.45) is 5.92 Å². The number of rotatable bonds is 3. The molecule has 3 aromatic rings. The Hall–Kier alpha value is -3.16. The fourth-order valence-electron chi connectivity index (χ4n) is 6.56. The molecule has 0 radical (unpaired) electrons. The summed E-state index contributed by atoms with van der Waals surface area (Å²) in [6.07, 6.45) is 7.56. The SMILES string of the molecule is N#CC1CCCCC1n1nc(Nc2ccc3c(c2)C(O)C2(CCCCC2)S3(=O)=O)c2c(=O)[nH]ccc21. The summed E-state index contributed by atoms with van der Waals surface area (Å²) in [4.78, 5) is 15.7. The van der Waals surface area contributed by atoms with Gasteiger partial charge in [0.2, 0.25) is 0 Å². The Kier molecular flexibility index (Phi) is 5.46. The maximum Gasteiger partial charge on any atom is 0.261 e. The predicted octanol–water partition coefficient (Wildman–Crippen LogP) is 4.25. The van der Waals surface area contributed by atoms with E-state index in [4.69, 9.17) is 5.10 Å². The minimum absolute atomic E-state index is 0.123. The maximum atomic E-state index is 13.4. The molecule has 2 aromatic heterocycles. The van der Waals surface area contributed by atoms with E-state index < -0.39 is 20.7 Å². The fourth-order valence-corrected chi connectivity index (χ4v) is 8.97. The van der Waals surface area contributed by atoms with E-state index in [2.05, 4.69) is 16.4 Å². The summed E-state index contributed by atoms with van der Waals surface area (Å²) in [7, 11) is -3.65. The lowest BCUT2D eigenvalue weighted by Crippen LogP contribution is -2.41. The van der Waals surface area contributed by atoms with Crippen molar-refractivity contribution in [3.63, 3.8) is 0 Å². The van der Waals surface area contributed by atoms with Crippen LogP contribution in [0.2, 0.25) is 0 Å². The van der Waals surface area contributed by atoms with Crippen LogP contribution in [-0.4, -0.2) is 33.0 Å². The highest BCUT2D eigenvalue weighted by molar-refractivity contribution is 7.93. The molecule has 3 atom stereocenters. The molecule has 36 heavy (non-hydrogen) atoms. The first-order valence-corrected chi connectivity index (χ1v) is 14.2. The van der Waals surface area contributed by atoms with E-state index in [0.717, 1.165) is 44.9 Å². The lowest BCUT2D eigenvalue weighted by molar-refractivity contribution is 0.107. The molecule has 2 fully saturated rings. The number of aromatic nitrogens is 3. The number of H-pyrrole nitrogens is 1. The van der Waals surface area contributed by atoms with Gasteiger partial charge in [-0.1, -0.05) is 32.1 Å². The van der Waals surface area contributed by atoms with Crippen LogP contribution in [-0.2, 0) is 9.84 Å². The highest BCUT2D eigenvalue weighted by atomic mass is 32.2. The molecule has 6 rings (SSSR count). The van der Waals surface area contributed by atoms with Crippen LogP contribution in [0.3, 0.4) is 0 Å². The van der Waals surface area contributed by atoms with Crippen molar-refractivity contribution in [3.05, 3.63) is 46.4 Å². The summed E-state index contributed by atoms with van der Waals surface area (Å²) in [6, 6.07) is 8.96. The van der Waals surface area contributed by atoms with Crippen molar-refractivity contribution in [1.82, 2.24) is 14.8 Å². The molecule has 9 nitrogen and oxygen atoms in total. The number of nitrogens with zero attached hydrogens (tertiary/aromatic N) is 3. The predicted molar refractivity (Wildman–Crippen MR) is 135 cm³/mol. The molecule has 3 N–H and O–H groups in total. The molecule has 3 unspecified atom stereocenters. The zero-order valence-electron chi connectivity index (χ0n) is 19.9. The largest absolute Gasteiger partial charge is 0.387 e. The van der Waals surface area contributed by atoms with E-state index in [0.29, 0.717) is 40.8 Å². The van der Waals surface area contributed by atoms with E-state index in [1.165, 1.54) is 0 Å². The summed E-state index contributed by atoms with van der Waals surface area (Å²) < 4.78 is 27.5. The van der Waals surface area contributed by atoms with Crippen LogP contribution in [0.5, 0.6) is 0 Å². The van der Waals surface area contributed by atoms with Gasteiger partial charge in [0.1, 0.15) is 16.2 Å². The van der Waals surface area contributed by atoms with Crippen molar-refractivity contribution in [2.45, 2.75) is 79.6 Å². The standard InChI is InChI=1S/C26H29N5O4S/c27-15-16-6-2-3-7-19(16)31-20-10-13-28-25(33)22(20)24(30-31)29-17-8-9-21-18(14-17)23(32)26(36(21,34)35)11-4-1-5-12-26/h8-10,13-14,16,19,23,32H,1-7,11-12H2,(H,28,33)(H,29,30). The first-order valence-electron chi connectivity index (χ1n) is 12.7. The van der Waals surface area contributed by atoms with Gasteiger partial charge in [-0.15, -0.1) is 0 Å². The Bertz CT molecular complexity index is 1540. The molecule has 0 saturated heterocycles. The van der Waals surface area contributed by atoms with Gasteiger partial charge in [-0.2, -0.15) is 10.4 Å². The molecular formula is C26H29N5O4S. The van der Waals surface area contributed by atoms with E-state index in [-0.39, 0.29) is 22.4 Å². The second kappa shape index (κ2) is 8.46. The van der Waals surface area contributed by atoms with Gasteiger partial charge in [-0.05, 0) is 49.9 Å². The molecule has 2 saturated carbocycles. The molecular weight excluding hydrogens is 478 g/mol. The van der Waals surface area contributed by atoms with Crippen molar-refractivity contribution in [3.8, 4) is 6.07 Å². The second-order valence-corrected chi connectivity index (χ2v) is 12.6. The number of benzene rings is 1. The van der Waals surface area contributed by atoms with Gasteiger partial charge in [0, 0.05) is 17.4 Å². The first kappa shape index (κ1) is 23.3. The topological polar surface area (TPSA) is 141 Å². The van der Waals surface area contributed by atoms with Crippen LogP contribution in [0.15, 0.2) is 40.2 Å². The molecule has 3 aliphatic rings. The third kappa shape index (κ3) is 3.26. The quantitative estimate of drug-likeness (QED) is 0.481. The third-order valence-electron chi connectivity index (χ3n) is 8.43. The molecule has 0 amide bonds. The summed E-state index contributed by atoms with van der Waals surface area (Å²) in [5, 5.41) is 29.3. The van der Waals surface area contributed by atoms with Crippen LogP contribution < -0.4 is 10.9 Å².